The molecule has 180 valence electrons. The van der Waals surface area contributed by atoms with Gasteiger partial charge in [0.25, 0.3) is 0 Å². The van der Waals surface area contributed by atoms with E-state index in [2.05, 4.69) is 10.3 Å². The Morgan fingerprint density at radius 2 is 1.80 bits per heavy atom. The van der Waals surface area contributed by atoms with E-state index in [0.717, 1.165) is 33.5 Å². The number of furan rings is 1. The van der Waals surface area contributed by atoms with E-state index in [9.17, 15) is 14.0 Å². The van der Waals surface area contributed by atoms with Gasteiger partial charge < -0.3 is 19.6 Å². The molecule has 2 amide bonds. The third-order valence-electron chi connectivity index (χ3n) is 6.77. The number of carbonyl (C=O) groups is 2. The van der Waals surface area contributed by atoms with E-state index < -0.39 is 0 Å². The molecule has 0 bridgehead atoms. The average Bonchev–Trinajstić information content (AvgIpc) is 3.54. The Labute approximate surface area is 203 Å². The standard InChI is InChI=1S/C28H28FN3O3/c29-21-9-7-19(8-10-21)27-24(23-5-1-2-6-25(23)31-27)11-12-26(33)32-15-13-20(14-16-32)28(34)30-18-22-4-3-17-35-22/h1-10,17,20,31H,11-16,18H2,(H,30,34). The van der Waals surface area contributed by atoms with Crippen LogP contribution in [0.5, 0.6) is 0 Å². The van der Waals surface area contributed by atoms with Gasteiger partial charge in [-0.2, -0.15) is 0 Å². The van der Waals surface area contributed by atoms with E-state index in [-0.39, 0.29) is 23.5 Å². The topological polar surface area (TPSA) is 78.3 Å². The van der Waals surface area contributed by atoms with Crippen molar-refractivity contribution in [1.82, 2.24) is 15.2 Å². The van der Waals surface area contributed by atoms with E-state index in [1.807, 2.05) is 35.2 Å². The van der Waals surface area contributed by atoms with Crippen molar-refractivity contribution < 1.29 is 18.4 Å². The smallest absolute Gasteiger partial charge is 0.223 e. The molecule has 0 atom stereocenters. The SMILES string of the molecule is O=C(NCc1ccco1)C1CCN(C(=O)CCc2c(-c3ccc(F)cc3)[nH]c3ccccc23)CC1. The summed E-state index contributed by atoms with van der Waals surface area (Å²) in [6, 6.07) is 18.0. The molecule has 2 aromatic heterocycles. The Balaban J connectivity index is 1.20. The molecule has 1 aliphatic heterocycles. The molecule has 0 unspecified atom stereocenters. The number of H-pyrrole nitrogens is 1. The lowest BCUT2D eigenvalue weighted by molar-refractivity contribution is -0.135. The summed E-state index contributed by atoms with van der Waals surface area (Å²) in [5.74, 6) is 0.460. The van der Waals surface area contributed by atoms with Crippen molar-refractivity contribution in [2.75, 3.05) is 13.1 Å². The van der Waals surface area contributed by atoms with Crippen molar-refractivity contribution in [1.29, 1.82) is 0 Å². The van der Waals surface area contributed by atoms with Gasteiger partial charge in [0.05, 0.1) is 12.8 Å². The number of hydrogen-bond donors (Lipinski definition) is 2. The van der Waals surface area contributed by atoms with Gasteiger partial charge in [-0.25, -0.2) is 4.39 Å². The summed E-state index contributed by atoms with van der Waals surface area (Å²) in [7, 11) is 0. The van der Waals surface area contributed by atoms with Crippen molar-refractivity contribution in [3.63, 3.8) is 0 Å². The minimum Gasteiger partial charge on any atom is -0.467 e. The van der Waals surface area contributed by atoms with Crippen molar-refractivity contribution in [3.8, 4) is 11.3 Å². The third-order valence-corrected chi connectivity index (χ3v) is 6.77. The molecule has 7 heteroatoms. The second-order valence-electron chi connectivity index (χ2n) is 8.98. The number of amides is 2. The van der Waals surface area contributed by atoms with Crippen molar-refractivity contribution in [2.45, 2.75) is 32.2 Å². The lowest BCUT2D eigenvalue weighted by Crippen LogP contribution is -2.43. The van der Waals surface area contributed by atoms with Crippen LogP contribution in [0.3, 0.4) is 0 Å². The number of halogens is 1. The predicted octanol–water partition coefficient (Wildman–Crippen LogP) is 5.05. The van der Waals surface area contributed by atoms with Crippen LogP contribution in [0.1, 0.15) is 30.6 Å². The van der Waals surface area contributed by atoms with Crippen LogP contribution in [0.2, 0.25) is 0 Å². The number of aryl methyl sites for hydroxylation is 1. The zero-order valence-electron chi connectivity index (χ0n) is 19.4. The van der Waals surface area contributed by atoms with Crippen LogP contribution in [-0.2, 0) is 22.6 Å². The highest BCUT2D eigenvalue weighted by atomic mass is 19.1. The molecule has 0 saturated carbocycles. The van der Waals surface area contributed by atoms with Gasteiger partial charge >= 0.3 is 0 Å². The molecular weight excluding hydrogens is 445 g/mol. The fraction of sp³-hybridized carbons (Fsp3) is 0.286. The molecule has 1 saturated heterocycles. The lowest BCUT2D eigenvalue weighted by Gasteiger charge is -2.31. The fourth-order valence-corrected chi connectivity index (χ4v) is 4.84. The molecule has 0 radical (unpaired) electrons. The lowest BCUT2D eigenvalue weighted by atomic mass is 9.95. The van der Waals surface area contributed by atoms with Gasteiger partial charge in [0.2, 0.25) is 11.8 Å². The van der Waals surface area contributed by atoms with E-state index in [0.29, 0.717) is 45.3 Å². The Hall–Kier alpha value is -3.87. The highest BCUT2D eigenvalue weighted by Gasteiger charge is 2.27. The number of aromatic amines is 1. The number of benzene rings is 2. The predicted molar refractivity (Wildman–Crippen MR) is 132 cm³/mol. The minimum atomic E-state index is -0.278. The number of piperidine rings is 1. The van der Waals surface area contributed by atoms with Gasteiger partial charge in [-0.1, -0.05) is 18.2 Å². The molecule has 35 heavy (non-hydrogen) atoms. The first-order valence-corrected chi connectivity index (χ1v) is 12.0. The number of fused-ring (bicyclic) bond motifs is 1. The first-order chi connectivity index (χ1) is 17.1. The molecular formula is C28H28FN3O3. The van der Waals surface area contributed by atoms with Crippen LogP contribution in [0, 0.1) is 11.7 Å². The zero-order valence-corrected chi connectivity index (χ0v) is 19.4. The van der Waals surface area contributed by atoms with E-state index in [1.54, 1.807) is 24.5 Å². The molecule has 0 aliphatic carbocycles. The zero-order chi connectivity index (χ0) is 24.2. The maximum Gasteiger partial charge on any atom is 0.223 e. The molecule has 4 aromatic rings. The highest BCUT2D eigenvalue weighted by Crippen LogP contribution is 2.32. The highest BCUT2D eigenvalue weighted by molar-refractivity contribution is 5.91. The molecule has 2 aromatic carbocycles. The largest absolute Gasteiger partial charge is 0.467 e. The molecule has 3 heterocycles. The van der Waals surface area contributed by atoms with Crippen molar-refractivity contribution >= 4 is 22.7 Å². The van der Waals surface area contributed by atoms with E-state index >= 15 is 0 Å². The molecule has 5 rings (SSSR count). The second-order valence-corrected chi connectivity index (χ2v) is 8.98. The number of likely N-dealkylation sites (tertiary alicyclic amines) is 1. The van der Waals surface area contributed by atoms with Gasteiger partial charge in [0.1, 0.15) is 11.6 Å². The molecule has 2 N–H and O–H groups in total. The number of nitrogens with zero attached hydrogens (tertiary/aromatic N) is 1. The Morgan fingerprint density at radius 3 is 2.54 bits per heavy atom. The third kappa shape index (κ3) is 5.14. The van der Waals surface area contributed by atoms with Crippen molar-refractivity contribution in [2.24, 2.45) is 5.92 Å². The summed E-state index contributed by atoms with van der Waals surface area (Å²) in [6.07, 6.45) is 3.86. The monoisotopic (exact) mass is 473 g/mol. The fourth-order valence-electron chi connectivity index (χ4n) is 4.84. The summed E-state index contributed by atoms with van der Waals surface area (Å²) in [4.78, 5) is 30.8. The number of aromatic nitrogens is 1. The van der Waals surface area contributed by atoms with Gasteiger partial charge in [-0.3, -0.25) is 9.59 Å². The second kappa shape index (κ2) is 10.2. The van der Waals surface area contributed by atoms with E-state index in [1.165, 1.54) is 12.1 Å². The number of hydrogen-bond acceptors (Lipinski definition) is 3. The number of para-hydroxylation sites is 1. The summed E-state index contributed by atoms with van der Waals surface area (Å²) in [6.45, 7) is 1.54. The van der Waals surface area contributed by atoms with Gasteiger partial charge in [-0.15, -0.1) is 0 Å². The maximum absolute atomic E-state index is 13.5. The molecule has 6 nitrogen and oxygen atoms in total. The van der Waals surface area contributed by atoms with Crippen LogP contribution >= 0.6 is 0 Å². The van der Waals surface area contributed by atoms with Crippen LogP contribution in [0.15, 0.2) is 71.3 Å². The number of nitrogens with one attached hydrogen (secondary N) is 2. The van der Waals surface area contributed by atoms with Gasteiger partial charge in [0, 0.05) is 42.0 Å². The average molecular weight is 474 g/mol. The quantitative estimate of drug-likeness (QED) is 0.394. The first kappa shape index (κ1) is 22.9. The number of rotatable bonds is 7. The number of carbonyl (C=O) groups excluding carboxylic acids is 2. The van der Waals surface area contributed by atoms with Crippen LogP contribution in [0.25, 0.3) is 22.2 Å². The van der Waals surface area contributed by atoms with Crippen molar-refractivity contribution in [3.05, 3.63) is 84.1 Å². The summed E-state index contributed by atoms with van der Waals surface area (Å²) in [5, 5.41) is 4.00. The minimum absolute atomic E-state index is 0.0104. The van der Waals surface area contributed by atoms with Crippen LogP contribution in [-0.4, -0.2) is 34.8 Å². The molecule has 0 spiro atoms. The Kier molecular flexibility index (Phi) is 6.66. The van der Waals surface area contributed by atoms with Gasteiger partial charge in [-0.05, 0) is 72.9 Å². The normalized spacial score (nSPS) is 14.4. The first-order valence-electron chi connectivity index (χ1n) is 12.0. The summed E-state index contributed by atoms with van der Waals surface area (Å²) in [5.41, 5.74) is 3.88. The Bertz CT molecular complexity index is 1300. The summed E-state index contributed by atoms with van der Waals surface area (Å²) < 4.78 is 18.7. The summed E-state index contributed by atoms with van der Waals surface area (Å²) >= 11 is 0. The molecule has 1 fully saturated rings. The Morgan fingerprint density at radius 1 is 1.03 bits per heavy atom. The van der Waals surface area contributed by atoms with Crippen LogP contribution < -0.4 is 5.32 Å². The molecule has 1 aliphatic rings. The van der Waals surface area contributed by atoms with Crippen LogP contribution in [0.4, 0.5) is 4.39 Å². The van der Waals surface area contributed by atoms with Gasteiger partial charge in [0.15, 0.2) is 0 Å². The van der Waals surface area contributed by atoms with E-state index in [4.69, 9.17) is 4.42 Å². The maximum atomic E-state index is 13.5.